The molecule has 4 nitrogen and oxygen atoms in total. The minimum Gasteiger partial charge on any atom is -0.383 e. The molecule has 6 heteroatoms. The van der Waals surface area contributed by atoms with E-state index in [1.807, 2.05) is 17.7 Å². The summed E-state index contributed by atoms with van der Waals surface area (Å²) in [6.07, 6.45) is 1.81. The second-order valence-corrected chi connectivity index (χ2v) is 5.22. The van der Waals surface area contributed by atoms with E-state index in [2.05, 4.69) is 10.3 Å². The van der Waals surface area contributed by atoms with Gasteiger partial charge in [0.2, 0.25) is 0 Å². The van der Waals surface area contributed by atoms with Crippen molar-refractivity contribution < 1.29 is 9.13 Å². The van der Waals surface area contributed by atoms with Gasteiger partial charge < -0.3 is 14.6 Å². The first kappa shape index (κ1) is 15.9. The van der Waals surface area contributed by atoms with E-state index in [9.17, 15) is 4.39 Å². The van der Waals surface area contributed by atoms with E-state index in [-0.39, 0.29) is 5.82 Å². The Bertz CT molecular complexity index is 601. The summed E-state index contributed by atoms with van der Waals surface area (Å²) < 4.78 is 20.9. The molecule has 0 unspecified atom stereocenters. The van der Waals surface area contributed by atoms with Crippen LogP contribution in [0.25, 0.3) is 0 Å². The van der Waals surface area contributed by atoms with Gasteiger partial charge in [-0.1, -0.05) is 17.7 Å². The summed E-state index contributed by atoms with van der Waals surface area (Å²) in [5, 5.41) is 3.67. The molecule has 0 amide bonds. The van der Waals surface area contributed by atoms with Gasteiger partial charge in [-0.3, -0.25) is 0 Å². The summed E-state index contributed by atoms with van der Waals surface area (Å²) in [6.45, 7) is 4.43. The standard InChI is InChI=1S/C15H19ClFN3O/c1-11-19-9-14(8-18-5-6-21-2)20(11)10-12-3-4-13(16)7-15(12)17/h3-4,7,9,18H,5-6,8,10H2,1-2H3. The van der Waals surface area contributed by atoms with Crippen molar-refractivity contribution in [1.82, 2.24) is 14.9 Å². The second-order valence-electron chi connectivity index (χ2n) is 4.79. The van der Waals surface area contributed by atoms with Crippen molar-refractivity contribution in [2.75, 3.05) is 20.3 Å². The molecule has 0 atom stereocenters. The minimum atomic E-state index is -0.297. The van der Waals surface area contributed by atoms with Crippen LogP contribution >= 0.6 is 11.6 Å². The van der Waals surface area contributed by atoms with Gasteiger partial charge in [-0.15, -0.1) is 0 Å². The highest BCUT2D eigenvalue weighted by molar-refractivity contribution is 6.30. The maximum absolute atomic E-state index is 13.9. The van der Waals surface area contributed by atoms with Crippen LogP contribution < -0.4 is 5.32 Å². The molecule has 0 aliphatic rings. The van der Waals surface area contributed by atoms with Crippen molar-refractivity contribution in [2.24, 2.45) is 0 Å². The van der Waals surface area contributed by atoms with Crippen molar-refractivity contribution in [3.63, 3.8) is 0 Å². The van der Waals surface area contributed by atoms with Gasteiger partial charge in [0.05, 0.1) is 18.8 Å². The van der Waals surface area contributed by atoms with Crippen LogP contribution in [0.3, 0.4) is 0 Å². The number of aromatic nitrogens is 2. The zero-order chi connectivity index (χ0) is 15.2. The number of hydrogen-bond acceptors (Lipinski definition) is 3. The topological polar surface area (TPSA) is 39.1 Å². The molecule has 1 aromatic heterocycles. The molecule has 0 saturated carbocycles. The summed E-state index contributed by atoms with van der Waals surface area (Å²) in [7, 11) is 1.67. The number of methoxy groups -OCH3 is 1. The van der Waals surface area contributed by atoms with Crippen molar-refractivity contribution in [1.29, 1.82) is 0 Å². The summed E-state index contributed by atoms with van der Waals surface area (Å²) >= 11 is 5.78. The smallest absolute Gasteiger partial charge is 0.129 e. The third kappa shape index (κ3) is 4.27. The van der Waals surface area contributed by atoms with E-state index in [1.165, 1.54) is 6.07 Å². The van der Waals surface area contributed by atoms with Crippen LogP contribution in [0.15, 0.2) is 24.4 Å². The zero-order valence-corrected chi connectivity index (χ0v) is 13.0. The molecule has 2 aromatic rings. The molecule has 0 aliphatic carbocycles. The van der Waals surface area contributed by atoms with Gasteiger partial charge in [0, 0.05) is 37.0 Å². The quantitative estimate of drug-likeness (QED) is 0.799. The van der Waals surface area contributed by atoms with E-state index >= 15 is 0 Å². The maximum Gasteiger partial charge on any atom is 0.129 e. The van der Waals surface area contributed by atoms with E-state index in [0.29, 0.717) is 30.3 Å². The molecule has 0 bridgehead atoms. The second kappa shape index (κ2) is 7.54. The van der Waals surface area contributed by atoms with Crippen molar-refractivity contribution >= 4 is 11.6 Å². The van der Waals surface area contributed by atoms with Crippen molar-refractivity contribution in [2.45, 2.75) is 20.0 Å². The lowest BCUT2D eigenvalue weighted by Gasteiger charge is -2.12. The zero-order valence-electron chi connectivity index (χ0n) is 12.2. The summed E-state index contributed by atoms with van der Waals surface area (Å²) in [5.74, 6) is 0.557. The fourth-order valence-electron chi connectivity index (χ4n) is 2.08. The Balaban J connectivity index is 2.10. The monoisotopic (exact) mass is 311 g/mol. The first-order valence-electron chi connectivity index (χ1n) is 6.76. The highest BCUT2D eigenvalue weighted by atomic mass is 35.5. The molecule has 1 aromatic carbocycles. The molecule has 114 valence electrons. The van der Waals surface area contributed by atoms with Crippen molar-refractivity contribution in [3.8, 4) is 0 Å². The lowest BCUT2D eigenvalue weighted by Crippen LogP contribution is -2.21. The lowest BCUT2D eigenvalue weighted by atomic mass is 10.2. The van der Waals surface area contributed by atoms with Gasteiger partial charge in [0.1, 0.15) is 11.6 Å². The number of hydrogen-bond donors (Lipinski definition) is 1. The number of ether oxygens (including phenoxy) is 1. The van der Waals surface area contributed by atoms with Crippen LogP contribution in [0.4, 0.5) is 4.39 Å². The molecule has 0 fully saturated rings. The number of rotatable bonds is 7. The Labute approximate surface area is 128 Å². The Morgan fingerprint density at radius 1 is 1.43 bits per heavy atom. The van der Waals surface area contributed by atoms with E-state index in [4.69, 9.17) is 16.3 Å². The van der Waals surface area contributed by atoms with Gasteiger partial charge in [-0.05, 0) is 19.1 Å². The van der Waals surface area contributed by atoms with Crippen LogP contribution in [-0.2, 0) is 17.8 Å². The number of benzene rings is 1. The third-order valence-electron chi connectivity index (χ3n) is 3.27. The summed E-state index contributed by atoms with van der Waals surface area (Å²) in [6, 6.07) is 4.74. The molecule has 0 saturated heterocycles. The van der Waals surface area contributed by atoms with Crippen LogP contribution in [-0.4, -0.2) is 29.8 Å². The third-order valence-corrected chi connectivity index (χ3v) is 3.51. The Morgan fingerprint density at radius 3 is 2.95 bits per heavy atom. The molecule has 0 aliphatic heterocycles. The first-order valence-corrected chi connectivity index (χ1v) is 7.14. The normalized spacial score (nSPS) is 11.0. The number of halogens is 2. The fraction of sp³-hybridized carbons (Fsp3) is 0.400. The van der Waals surface area contributed by atoms with Crippen molar-refractivity contribution in [3.05, 3.63) is 52.3 Å². The van der Waals surface area contributed by atoms with Crippen LogP contribution in [0.2, 0.25) is 5.02 Å². The summed E-state index contributed by atoms with van der Waals surface area (Å²) in [4.78, 5) is 4.30. The highest BCUT2D eigenvalue weighted by Gasteiger charge is 2.10. The predicted octanol–water partition coefficient (Wildman–Crippen LogP) is 2.77. The largest absolute Gasteiger partial charge is 0.383 e. The SMILES string of the molecule is COCCNCc1cnc(C)n1Cc1ccc(Cl)cc1F. The molecular weight excluding hydrogens is 293 g/mol. The molecule has 1 heterocycles. The molecule has 0 radical (unpaired) electrons. The molecule has 0 spiro atoms. The summed E-state index contributed by atoms with van der Waals surface area (Å²) in [5.41, 5.74) is 1.61. The fourth-order valence-corrected chi connectivity index (χ4v) is 2.24. The van der Waals surface area contributed by atoms with E-state index in [0.717, 1.165) is 18.1 Å². The average Bonchev–Trinajstić information content (AvgIpc) is 2.79. The van der Waals surface area contributed by atoms with E-state index in [1.54, 1.807) is 19.2 Å². The molecular formula is C15H19ClFN3O. The Morgan fingerprint density at radius 2 is 2.24 bits per heavy atom. The number of nitrogens with zero attached hydrogens (tertiary/aromatic N) is 2. The van der Waals surface area contributed by atoms with Crippen LogP contribution in [0.5, 0.6) is 0 Å². The van der Waals surface area contributed by atoms with Crippen LogP contribution in [0.1, 0.15) is 17.1 Å². The minimum absolute atomic E-state index is 0.297. The van der Waals surface area contributed by atoms with Gasteiger partial charge in [-0.2, -0.15) is 0 Å². The number of aryl methyl sites for hydroxylation is 1. The lowest BCUT2D eigenvalue weighted by molar-refractivity contribution is 0.199. The number of nitrogens with one attached hydrogen (secondary N) is 1. The molecule has 2 rings (SSSR count). The van der Waals surface area contributed by atoms with E-state index < -0.39 is 0 Å². The van der Waals surface area contributed by atoms with Gasteiger partial charge >= 0.3 is 0 Å². The van der Waals surface area contributed by atoms with Gasteiger partial charge in [-0.25, -0.2) is 9.37 Å². The average molecular weight is 312 g/mol. The highest BCUT2D eigenvalue weighted by Crippen LogP contribution is 2.17. The predicted molar refractivity (Wildman–Crippen MR) is 81.1 cm³/mol. The van der Waals surface area contributed by atoms with Crippen LogP contribution in [0, 0.1) is 12.7 Å². The Hall–Kier alpha value is -1.43. The van der Waals surface area contributed by atoms with Gasteiger partial charge in [0.15, 0.2) is 0 Å². The maximum atomic E-state index is 13.9. The Kier molecular flexibility index (Phi) is 5.73. The molecule has 1 N–H and O–H groups in total. The molecule has 21 heavy (non-hydrogen) atoms. The van der Waals surface area contributed by atoms with Gasteiger partial charge in [0.25, 0.3) is 0 Å². The first-order chi connectivity index (χ1) is 10.1. The number of imidazole rings is 1.